The minimum atomic E-state index is -0.813. The molecule has 2 saturated heterocycles. The first-order valence-electron chi connectivity index (χ1n) is 12.4. The highest BCUT2D eigenvalue weighted by Gasteiger charge is 2.52. The second-order valence-electron chi connectivity index (χ2n) is 10.0. The van der Waals surface area contributed by atoms with Gasteiger partial charge in [0.15, 0.2) is 0 Å². The van der Waals surface area contributed by atoms with Crippen LogP contribution in [0.15, 0.2) is 60.7 Å². The highest BCUT2D eigenvalue weighted by Crippen LogP contribution is 2.45. The van der Waals surface area contributed by atoms with E-state index in [0.717, 1.165) is 24.0 Å². The summed E-state index contributed by atoms with van der Waals surface area (Å²) in [6.07, 6.45) is 5.83. The molecule has 4 aliphatic rings. The number of carboxylic acid groups (broad SMARTS) is 1. The Morgan fingerprint density at radius 3 is 2.29 bits per heavy atom. The molecule has 0 aromatic heterocycles. The predicted octanol–water partition coefficient (Wildman–Crippen LogP) is 3.93. The smallest absolute Gasteiger partial charge is 0.407 e. The van der Waals surface area contributed by atoms with Crippen LogP contribution in [-0.2, 0) is 14.3 Å². The molecule has 35 heavy (non-hydrogen) atoms. The molecular formula is C28H28N2O5. The van der Waals surface area contributed by atoms with Gasteiger partial charge in [-0.3, -0.25) is 9.59 Å². The Morgan fingerprint density at radius 1 is 0.943 bits per heavy atom. The maximum absolute atomic E-state index is 13.2. The lowest BCUT2D eigenvalue weighted by Crippen LogP contribution is -2.42. The minimum absolute atomic E-state index is 0.00517. The molecular weight excluding hydrogens is 444 g/mol. The Labute approximate surface area is 203 Å². The molecule has 180 valence electrons. The van der Waals surface area contributed by atoms with E-state index in [2.05, 4.69) is 29.6 Å². The molecule has 2 aromatic carbocycles. The number of nitrogens with one attached hydrogen (secondary N) is 1. The monoisotopic (exact) mass is 472 g/mol. The molecule has 2 aliphatic heterocycles. The van der Waals surface area contributed by atoms with E-state index in [-0.39, 0.29) is 42.5 Å². The van der Waals surface area contributed by atoms with Crippen LogP contribution in [0.1, 0.15) is 42.7 Å². The first-order valence-corrected chi connectivity index (χ1v) is 12.4. The number of alkyl carbamates (subject to hydrolysis) is 1. The highest BCUT2D eigenvalue weighted by molar-refractivity contribution is 5.84. The van der Waals surface area contributed by atoms with Crippen LogP contribution >= 0.6 is 0 Å². The largest absolute Gasteiger partial charge is 0.481 e. The van der Waals surface area contributed by atoms with E-state index in [1.807, 2.05) is 41.3 Å². The van der Waals surface area contributed by atoms with Crippen molar-refractivity contribution < 1.29 is 24.2 Å². The van der Waals surface area contributed by atoms with Gasteiger partial charge in [-0.1, -0.05) is 60.7 Å². The molecule has 0 radical (unpaired) electrons. The van der Waals surface area contributed by atoms with Gasteiger partial charge in [-0.25, -0.2) is 4.79 Å². The predicted molar refractivity (Wildman–Crippen MR) is 129 cm³/mol. The van der Waals surface area contributed by atoms with E-state index < -0.39 is 18.0 Å². The average molecular weight is 473 g/mol. The van der Waals surface area contributed by atoms with Gasteiger partial charge in [0.1, 0.15) is 6.61 Å². The minimum Gasteiger partial charge on any atom is -0.481 e. The molecule has 2 bridgehead atoms. The van der Waals surface area contributed by atoms with Crippen molar-refractivity contribution >= 4 is 18.0 Å². The molecule has 0 spiro atoms. The number of aliphatic carboxylic acids is 1. The number of rotatable bonds is 5. The number of benzene rings is 2. The third-order valence-corrected chi connectivity index (χ3v) is 8.16. The number of carboxylic acids is 1. The highest BCUT2D eigenvalue weighted by atomic mass is 16.5. The summed E-state index contributed by atoms with van der Waals surface area (Å²) in [7, 11) is 0. The van der Waals surface area contributed by atoms with Gasteiger partial charge in [-0.2, -0.15) is 0 Å². The van der Waals surface area contributed by atoms with Crippen molar-refractivity contribution in [2.24, 2.45) is 11.8 Å². The molecule has 2 amide bonds. The van der Waals surface area contributed by atoms with E-state index in [9.17, 15) is 19.5 Å². The second-order valence-corrected chi connectivity index (χ2v) is 10.0. The summed E-state index contributed by atoms with van der Waals surface area (Å²) < 4.78 is 5.64. The summed E-state index contributed by atoms with van der Waals surface area (Å²) >= 11 is 0. The fraction of sp³-hybridized carbons (Fsp3) is 0.393. The molecule has 7 heteroatoms. The van der Waals surface area contributed by atoms with E-state index in [1.165, 1.54) is 11.1 Å². The standard InChI is InChI=1S/C28H28N2O5/c31-26(30-18-11-12-25(30)23(14-18)27(32)33)16-9-10-17(13-16)29-28(34)35-15-24-21-7-3-1-5-19(21)20-6-2-4-8-22(20)24/h1-10,16-18,23-25H,11-15H2,(H,29,34)(H,32,33). The first-order chi connectivity index (χ1) is 17.0. The third kappa shape index (κ3) is 3.70. The lowest BCUT2D eigenvalue weighted by molar-refractivity contribution is -0.143. The van der Waals surface area contributed by atoms with Crippen LogP contribution in [0, 0.1) is 11.8 Å². The molecule has 2 N–H and O–H groups in total. The third-order valence-electron chi connectivity index (χ3n) is 8.16. The maximum atomic E-state index is 13.2. The van der Waals surface area contributed by atoms with Crippen molar-refractivity contribution in [2.75, 3.05) is 6.61 Å². The fourth-order valence-corrected chi connectivity index (χ4v) is 6.57. The van der Waals surface area contributed by atoms with Crippen molar-refractivity contribution in [2.45, 2.75) is 49.7 Å². The van der Waals surface area contributed by atoms with Gasteiger partial charge in [-0.05, 0) is 47.9 Å². The van der Waals surface area contributed by atoms with Gasteiger partial charge in [0, 0.05) is 18.0 Å². The molecule has 0 saturated carbocycles. The van der Waals surface area contributed by atoms with Crippen LogP contribution in [0.3, 0.4) is 0 Å². The van der Waals surface area contributed by atoms with E-state index in [1.54, 1.807) is 0 Å². The Kier molecular flexibility index (Phi) is 5.35. The van der Waals surface area contributed by atoms with Crippen molar-refractivity contribution in [3.8, 4) is 11.1 Å². The number of ether oxygens (including phenoxy) is 1. The van der Waals surface area contributed by atoms with Crippen molar-refractivity contribution in [1.82, 2.24) is 10.2 Å². The van der Waals surface area contributed by atoms with E-state index >= 15 is 0 Å². The lowest BCUT2D eigenvalue weighted by atomic mass is 9.89. The Bertz CT molecular complexity index is 1180. The Hall–Kier alpha value is -3.61. The Morgan fingerprint density at radius 2 is 1.63 bits per heavy atom. The number of hydrogen-bond acceptors (Lipinski definition) is 4. The zero-order chi connectivity index (χ0) is 24.1. The summed E-state index contributed by atoms with van der Waals surface area (Å²) in [5.41, 5.74) is 4.68. The summed E-state index contributed by atoms with van der Waals surface area (Å²) in [6, 6.07) is 15.9. The van der Waals surface area contributed by atoms with Crippen molar-refractivity contribution in [3.05, 3.63) is 71.8 Å². The number of fused-ring (bicyclic) bond motifs is 5. The van der Waals surface area contributed by atoms with Crippen molar-refractivity contribution in [1.29, 1.82) is 0 Å². The van der Waals surface area contributed by atoms with Gasteiger partial charge in [0.25, 0.3) is 0 Å². The van der Waals surface area contributed by atoms with Crippen LogP contribution in [0.4, 0.5) is 4.79 Å². The number of carbonyl (C=O) groups is 3. The van der Waals surface area contributed by atoms with Crippen LogP contribution < -0.4 is 5.32 Å². The molecule has 2 heterocycles. The molecule has 5 unspecified atom stereocenters. The van der Waals surface area contributed by atoms with Gasteiger partial charge < -0.3 is 20.1 Å². The number of carbonyl (C=O) groups excluding carboxylic acids is 2. The molecule has 2 aromatic rings. The second kappa shape index (κ2) is 8.56. The summed E-state index contributed by atoms with van der Waals surface area (Å²) in [6.45, 7) is 0.242. The SMILES string of the molecule is O=C(NC1C=CC(C(=O)N2C3CCC2C(C(=O)O)C3)C1)OCC1c2ccccc2-c2ccccc21. The zero-order valence-electron chi connectivity index (χ0n) is 19.3. The number of amides is 2. The number of nitrogens with zero attached hydrogens (tertiary/aromatic N) is 1. The van der Waals surface area contributed by atoms with Gasteiger partial charge >= 0.3 is 12.1 Å². The van der Waals surface area contributed by atoms with Crippen LogP contribution in [0.5, 0.6) is 0 Å². The van der Waals surface area contributed by atoms with Crippen LogP contribution in [0.25, 0.3) is 11.1 Å². The summed E-state index contributed by atoms with van der Waals surface area (Å²) in [4.78, 5) is 39.1. The molecule has 7 nitrogen and oxygen atoms in total. The average Bonchev–Trinajstić information content (AvgIpc) is 3.64. The molecule has 2 aliphatic carbocycles. The molecule has 6 rings (SSSR count). The fourth-order valence-electron chi connectivity index (χ4n) is 6.57. The van der Waals surface area contributed by atoms with Crippen molar-refractivity contribution in [3.63, 3.8) is 0 Å². The van der Waals surface area contributed by atoms with E-state index in [0.29, 0.717) is 12.8 Å². The zero-order valence-corrected chi connectivity index (χ0v) is 19.3. The molecule has 5 atom stereocenters. The van der Waals surface area contributed by atoms with Crippen LogP contribution in [0.2, 0.25) is 0 Å². The molecule has 2 fully saturated rings. The maximum Gasteiger partial charge on any atom is 0.407 e. The topological polar surface area (TPSA) is 95.9 Å². The number of hydrogen-bond donors (Lipinski definition) is 2. The Balaban J connectivity index is 1.05. The van der Waals surface area contributed by atoms with Gasteiger partial charge in [0.2, 0.25) is 5.91 Å². The van der Waals surface area contributed by atoms with Gasteiger partial charge in [0.05, 0.1) is 17.9 Å². The van der Waals surface area contributed by atoms with Crippen LogP contribution in [-0.4, -0.2) is 52.7 Å². The lowest BCUT2D eigenvalue weighted by Gasteiger charge is -2.26. The normalized spacial score (nSPS) is 28.1. The summed E-state index contributed by atoms with van der Waals surface area (Å²) in [5.74, 6) is -1.64. The first kappa shape index (κ1) is 21.9. The van der Waals surface area contributed by atoms with Gasteiger partial charge in [-0.15, -0.1) is 0 Å². The summed E-state index contributed by atoms with van der Waals surface area (Å²) in [5, 5.41) is 12.3. The quantitative estimate of drug-likeness (QED) is 0.643. The van der Waals surface area contributed by atoms with E-state index in [4.69, 9.17) is 4.74 Å².